The van der Waals surface area contributed by atoms with E-state index in [9.17, 15) is 13.2 Å². The van der Waals surface area contributed by atoms with Crippen LogP contribution in [-0.2, 0) is 14.8 Å². The van der Waals surface area contributed by atoms with Gasteiger partial charge in [0.2, 0.25) is 10.0 Å². The van der Waals surface area contributed by atoms with Crippen LogP contribution in [0.5, 0.6) is 0 Å². The SMILES string of the molecule is COC(=O)c1ccc(S(=O)(=O)NC2CCC(N)CC2)c(Br)c1. The van der Waals surface area contributed by atoms with Crippen molar-refractivity contribution in [3.63, 3.8) is 0 Å². The van der Waals surface area contributed by atoms with Crippen molar-refractivity contribution in [1.82, 2.24) is 4.72 Å². The number of carbonyl (C=O) groups is 1. The van der Waals surface area contributed by atoms with Gasteiger partial charge in [-0.15, -0.1) is 0 Å². The third-order valence-corrected chi connectivity index (χ3v) is 6.23. The summed E-state index contributed by atoms with van der Waals surface area (Å²) in [4.78, 5) is 11.6. The molecule has 1 aliphatic carbocycles. The van der Waals surface area contributed by atoms with Crippen LogP contribution in [0.1, 0.15) is 36.0 Å². The Hall–Kier alpha value is -0.960. The molecular formula is C14H19BrN2O4S. The number of nitrogens with one attached hydrogen (secondary N) is 1. The molecular weight excluding hydrogens is 372 g/mol. The Bertz CT molecular complexity index is 655. The van der Waals surface area contributed by atoms with E-state index >= 15 is 0 Å². The van der Waals surface area contributed by atoms with Gasteiger partial charge in [-0.2, -0.15) is 0 Å². The van der Waals surface area contributed by atoms with Gasteiger partial charge >= 0.3 is 5.97 Å². The Balaban J connectivity index is 2.17. The average molecular weight is 391 g/mol. The van der Waals surface area contributed by atoms with E-state index < -0.39 is 16.0 Å². The molecule has 1 aliphatic rings. The molecule has 22 heavy (non-hydrogen) atoms. The zero-order chi connectivity index (χ0) is 16.3. The minimum Gasteiger partial charge on any atom is -0.465 e. The normalized spacial score (nSPS) is 22.3. The van der Waals surface area contributed by atoms with E-state index in [1.165, 1.54) is 25.3 Å². The first kappa shape index (κ1) is 17.4. The molecule has 1 aromatic carbocycles. The van der Waals surface area contributed by atoms with Crippen LogP contribution in [0.2, 0.25) is 0 Å². The molecule has 3 N–H and O–H groups in total. The van der Waals surface area contributed by atoms with Crippen molar-refractivity contribution in [1.29, 1.82) is 0 Å². The molecule has 0 radical (unpaired) electrons. The zero-order valence-corrected chi connectivity index (χ0v) is 14.6. The summed E-state index contributed by atoms with van der Waals surface area (Å²) in [5, 5.41) is 0. The van der Waals surface area contributed by atoms with E-state index in [1.807, 2.05) is 0 Å². The molecule has 0 heterocycles. The van der Waals surface area contributed by atoms with Crippen molar-refractivity contribution in [3.05, 3.63) is 28.2 Å². The number of rotatable bonds is 4. The maximum absolute atomic E-state index is 12.5. The summed E-state index contributed by atoms with van der Waals surface area (Å²) in [5.74, 6) is -0.515. The Morgan fingerprint density at radius 3 is 2.50 bits per heavy atom. The molecule has 0 bridgehead atoms. The maximum Gasteiger partial charge on any atom is 0.337 e. The predicted molar refractivity (Wildman–Crippen MR) is 86.0 cm³/mol. The van der Waals surface area contributed by atoms with Gasteiger partial charge < -0.3 is 10.5 Å². The van der Waals surface area contributed by atoms with Gasteiger partial charge in [-0.05, 0) is 59.8 Å². The maximum atomic E-state index is 12.5. The predicted octanol–water partition coefficient (Wildman–Crippen LogP) is 1.78. The largest absolute Gasteiger partial charge is 0.465 e. The number of esters is 1. The second-order valence-electron chi connectivity index (χ2n) is 5.37. The Morgan fingerprint density at radius 1 is 1.32 bits per heavy atom. The van der Waals surface area contributed by atoms with Crippen LogP contribution in [0.4, 0.5) is 0 Å². The van der Waals surface area contributed by atoms with Crippen molar-refractivity contribution in [2.45, 2.75) is 42.7 Å². The summed E-state index contributed by atoms with van der Waals surface area (Å²) in [6, 6.07) is 4.33. The van der Waals surface area contributed by atoms with Crippen LogP contribution in [0.15, 0.2) is 27.6 Å². The Labute approximate surface area is 138 Å². The van der Waals surface area contributed by atoms with Crippen LogP contribution in [0.3, 0.4) is 0 Å². The lowest BCUT2D eigenvalue weighted by atomic mass is 9.93. The average Bonchev–Trinajstić information content (AvgIpc) is 2.48. The van der Waals surface area contributed by atoms with Crippen LogP contribution in [0, 0.1) is 0 Å². The second kappa shape index (κ2) is 7.08. The minimum atomic E-state index is -3.65. The molecule has 1 fully saturated rings. The molecule has 0 aromatic heterocycles. The molecule has 6 nitrogen and oxygen atoms in total. The van der Waals surface area contributed by atoms with Crippen LogP contribution >= 0.6 is 15.9 Å². The highest BCUT2D eigenvalue weighted by Crippen LogP contribution is 2.25. The molecule has 0 spiro atoms. The number of hydrogen-bond donors (Lipinski definition) is 2. The van der Waals surface area contributed by atoms with Crippen molar-refractivity contribution >= 4 is 31.9 Å². The molecule has 8 heteroatoms. The molecule has 1 saturated carbocycles. The van der Waals surface area contributed by atoms with E-state index in [2.05, 4.69) is 25.4 Å². The van der Waals surface area contributed by atoms with Gasteiger partial charge in [-0.25, -0.2) is 17.9 Å². The lowest BCUT2D eigenvalue weighted by Gasteiger charge is -2.26. The van der Waals surface area contributed by atoms with E-state index in [1.54, 1.807) is 0 Å². The molecule has 122 valence electrons. The summed E-state index contributed by atoms with van der Waals surface area (Å²) in [6.07, 6.45) is 3.10. The highest BCUT2D eigenvalue weighted by molar-refractivity contribution is 9.10. The van der Waals surface area contributed by atoms with Crippen molar-refractivity contribution in [2.24, 2.45) is 5.73 Å². The standard InChI is InChI=1S/C14H19BrN2O4S/c1-21-14(18)9-2-7-13(12(15)8-9)22(19,20)17-11-5-3-10(16)4-6-11/h2,7-8,10-11,17H,3-6,16H2,1H3. The number of halogens is 1. The van der Waals surface area contributed by atoms with E-state index in [4.69, 9.17) is 5.73 Å². The lowest BCUT2D eigenvalue weighted by molar-refractivity contribution is 0.0600. The highest BCUT2D eigenvalue weighted by atomic mass is 79.9. The first-order valence-corrected chi connectivity index (χ1v) is 9.27. The van der Waals surface area contributed by atoms with E-state index in [0.717, 1.165) is 25.7 Å². The van der Waals surface area contributed by atoms with Gasteiger partial charge in [0.15, 0.2) is 0 Å². The fraction of sp³-hybridized carbons (Fsp3) is 0.500. The molecule has 0 unspecified atom stereocenters. The number of nitrogens with two attached hydrogens (primary N) is 1. The van der Waals surface area contributed by atoms with Crippen molar-refractivity contribution < 1.29 is 17.9 Å². The summed E-state index contributed by atoms with van der Waals surface area (Å²) in [6.45, 7) is 0. The molecule has 0 aliphatic heterocycles. The number of carbonyl (C=O) groups excluding carboxylic acids is 1. The number of ether oxygens (including phenoxy) is 1. The summed E-state index contributed by atoms with van der Waals surface area (Å²) < 4.78 is 32.6. The highest BCUT2D eigenvalue weighted by Gasteiger charge is 2.26. The van der Waals surface area contributed by atoms with Gasteiger partial charge in [0.05, 0.1) is 17.6 Å². The van der Waals surface area contributed by atoms with Crippen LogP contribution in [0.25, 0.3) is 0 Å². The smallest absolute Gasteiger partial charge is 0.337 e. The van der Waals surface area contributed by atoms with Crippen molar-refractivity contribution in [3.8, 4) is 0 Å². The lowest BCUT2D eigenvalue weighted by Crippen LogP contribution is -2.40. The van der Waals surface area contributed by atoms with Gasteiger partial charge in [0.25, 0.3) is 0 Å². The van der Waals surface area contributed by atoms with E-state index in [0.29, 0.717) is 4.47 Å². The quantitative estimate of drug-likeness (QED) is 0.763. The third kappa shape index (κ3) is 4.07. The van der Waals surface area contributed by atoms with Gasteiger partial charge in [0.1, 0.15) is 0 Å². The third-order valence-electron chi connectivity index (χ3n) is 3.74. The fourth-order valence-electron chi connectivity index (χ4n) is 2.48. The molecule has 1 aromatic rings. The van der Waals surface area contributed by atoms with Gasteiger partial charge in [-0.3, -0.25) is 0 Å². The van der Waals surface area contributed by atoms with Gasteiger partial charge in [0, 0.05) is 16.6 Å². The van der Waals surface area contributed by atoms with Gasteiger partial charge in [-0.1, -0.05) is 0 Å². The molecule has 0 amide bonds. The topological polar surface area (TPSA) is 98.5 Å². The summed E-state index contributed by atoms with van der Waals surface area (Å²) in [7, 11) is -2.37. The number of methoxy groups -OCH3 is 1. The van der Waals surface area contributed by atoms with Crippen molar-refractivity contribution in [2.75, 3.05) is 7.11 Å². The minimum absolute atomic E-state index is 0.100. The number of sulfonamides is 1. The first-order chi connectivity index (χ1) is 10.3. The second-order valence-corrected chi connectivity index (χ2v) is 7.91. The molecule has 0 saturated heterocycles. The summed E-state index contributed by atoms with van der Waals surface area (Å²) >= 11 is 3.21. The van der Waals surface area contributed by atoms with E-state index in [-0.39, 0.29) is 22.5 Å². The first-order valence-electron chi connectivity index (χ1n) is 6.99. The fourth-order valence-corrected chi connectivity index (χ4v) is 4.87. The Kier molecular flexibility index (Phi) is 5.60. The number of hydrogen-bond acceptors (Lipinski definition) is 5. The van der Waals surface area contributed by atoms with Crippen LogP contribution in [-0.4, -0.2) is 33.6 Å². The summed E-state index contributed by atoms with van der Waals surface area (Å²) in [5.41, 5.74) is 6.11. The molecule has 2 rings (SSSR count). The monoisotopic (exact) mass is 390 g/mol. The molecule has 0 atom stereocenters. The number of benzene rings is 1. The van der Waals surface area contributed by atoms with Crippen LogP contribution < -0.4 is 10.5 Å². The zero-order valence-electron chi connectivity index (χ0n) is 12.2. The Morgan fingerprint density at radius 2 is 1.95 bits per heavy atom.